The van der Waals surface area contributed by atoms with Gasteiger partial charge in [-0.05, 0) is 38.1 Å². The number of H-pyrrole nitrogens is 1. The molecule has 0 fully saturated rings. The molecule has 1 aromatic heterocycles. The van der Waals surface area contributed by atoms with Crippen molar-refractivity contribution in [2.45, 2.75) is 26.4 Å². The van der Waals surface area contributed by atoms with Crippen LogP contribution in [0.3, 0.4) is 0 Å². The van der Waals surface area contributed by atoms with Gasteiger partial charge in [-0.25, -0.2) is 10.4 Å². The molecule has 0 radical (unpaired) electrons. The van der Waals surface area contributed by atoms with E-state index in [1.165, 1.54) is 5.56 Å². The monoisotopic (exact) mass is 336 g/mol. The lowest BCUT2D eigenvalue weighted by Crippen LogP contribution is -2.05. The summed E-state index contributed by atoms with van der Waals surface area (Å²) in [5.74, 6) is 2.32. The van der Waals surface area contributed by atoms with Crippen LogP contribution in [0.15, 0.2) is 41.5 Å². The van der Waals surface area contributed by atoms with Gasteiger partial charge in [-0.3, -0.25) is 0 Å². The number of anilines is 1. The first-order valence-electron chi connectivity index (χ1n) is 8.43. The van der Waals surface area contributed by atoms with Gasteiger partial charge >= 0.3 is 0 Å². The van der Waals surface area contributed by atoms with Crippen molar-refractivity contribution in [2.24, 2.45) is 5.10 Å². The Kier molecular flexibility index (Phi) is 4.01. The maximum atomic E-state index is 5.83. The molecule has 2 N–H and O–H groups in total. The smallest absolute Gasteiger partial charge is 0.222 e. The third kappa shape index (κ3) is 3.15. The van der Waals surface area contributed by atoms with Crippen molar-refractivity contribution >= 4 is 23.2 Å². The second kappa shape index (κ2) is 6.47. The van der Waals surface area contributed by atoms with Gasteiger partial charge in [-0.2, -0.15) is 5.10 Å². The zero-order chi connectivity index (χ0) is 17.2. The Morgan fingerprint density at radius 2 is 2.28 bits per heavy atom. The molecule has 25 heavy (non-hydrogen) atoms. The lowest BCUT2D eigenvalue weighted by Gasteiger charge is -2.09. The van der Waals surface area contributed by atoms with Crippen LogP contribution in [0.4, 0.5) is 5.95 Å². The van der Waals surface area contributed by atoms with E-state index in [0.717, 1.165) is 34.5 Å². The van der Waals surface area contributed by atoms with Crippen LogP contribution in [-0.4, -0.2) is 28.9 Å². The Labute approximate surface area is 145 Å². The van der Waals surface area contributed by atoms with Gasteiger partial charge < -0.3 is 14.5 Å². The number of hydrogen-bond donors (Lipinski definition) is 2. The van der Waals surface area contributed by atoms with E-state index in [0.29, 0.717) is 12.6 Å². The van der Waals surface area contributed by atoms with Gasteiger partial charge in [0.05, 0.1) is 23.9 Å². The third-order valence-corrected chi connectivity index (χ3v) is 4.09. The number of para-hydroxylation sites is 2. The molecule has 6 nitrogen and oxygen atoms in total. The van der Waals surface area contributed by atoms with Gasteiger partial charge in [-0.15, -0.1) is 0 Å². The summed E-state index contributed by atoms with van der Waals surface area (Å²) in [6.45, 7) is 4.64. The highest BCUT2D eigenvalue weighted by molar-refractivity contribution is 5.85. The van der Waals surface area contributed by atoms with Crippen molar-refractivity contribution in [3.63, 3.8) is 0 Å². The molecule has 3 aromatic rings. The molecule has 128 valence electrons. The van der Waals surface area contributed by atoms with Gasteiger partial charge in [0, 0.05) is 17.5 Å². The van der Waals surface area contributed by atoms with E-state index in [9.17, 15) is 0 Å². The molecule has 1 aliphatic heterocycles. The lowest BCUT2D eigenvalue weighted by atomic mass is 10.1. The molecular formula is C19H20N4O2. The van der Waals surface area contributed by atoms with Gasteiger partial charge in [0.2, 0.25) is 5.95 Å². The third-order valence-electron chi connectivity index (χ3n) is 4.09. The number of rotatable bonds is 5. The summed E-state index contributed by atoms with van der Waals surface area (Å²) < 4.78 is 11.6. The number of nitrogens with zero attached hydrogens (tertiary/aromatic N) is 2. The van der Waals surface area contributed by atoms with Crippen LogP contribution in [0.25, 0.3) is 11.0 Å². The van der Waals surface area contributed by atoms with Crippen molar-refractivity contribution in [1.82, 2.24) is 9.97 Å². The summed E-state index contributed by atoms with van der Waals surface area (Å²) in [6.07, 6.45) is 2.83. The Morgan fingerprint density at radius 1 is 1.40 bits per heavy atom. The number of aromatic nitrogens is 2. The summed E-state index contributed by atoms with van der Waals surface area (Å²) in [7, 11) is 0. The Morgan fingerprint density at radius 3 is 3.12 bits per heavy atom. The normalized spacial score (nSPS) is 16.2. The molecule has 0 spiro atoms. The maximum Gasteiger partial charge on any atom is 0.222 e. The van der Waals surface area contributed by atoms with Gasteiger partial charge in [-0.1, -0.05) is 12.1 Å². The van der Waals surface area contributed by atoms with Crippen molar-refractivity contribution in [3.05, 3.63) is 47.5 Å². The van der Waals surface area contributed by atoms with Crippen LogP contribution < -0.4 is 14.9 Å². The van der Waals surface area contributed by atoms with Crippen LogP contribution in [0.1, 0.15) is 25.0 Å². The molecule has 1 atom stereocenters. The first kappa shape index (κ1) is 15.5. The SMILES string of the molecule is CCOc1cc2c(cc1/C=N\Nc1nc3ccccc3[nH]1)O[C@@H](C)C2. The molecule has 6 heteroatoms. The number of nitrogens with one attached hydrogen (secondary N) is 2. The van der Waals surface area contributed by atoms with E-state index >= 15 is 0 Å². The summed E-state index contributed by atoms with van der Waals surface area (Å²) in [4.78, 5) is 7.61. The van der Waals surface area contributed by atoms with Gasteiger partial charge in [0.1, 0.15) is 17.6 Å². The fraction of sp³-hybridized carbons (Fsp3) is 0.263. The molecule has 0 aliphatic carbocycles. The van der Waals surface area contributed by atoms with Crippen molar-refractivity contribution in [2.75, 3.05) is 12.0 Å². The first-order valence-corrected chi connectivity index (χ1v) is 8.43. The lowest BCUT2D eigenvalue weighted by molar-refractivity contribution is 0.254. The molecule has 0 saturated heterocycles. The summed E-state index contributed by atoms with van der Waals surface area (Å²) in [6, 6.07) is 11.9. The summed E-state index contributed by atoms with van der Waals surface area (Å²) in [5.41, 5.74) is 6.85. The van der Waals surface area contributed by atoms with Crippen molar-refractivity contribution < 1.29 is 9.47 Å². The summed E-state index contributed by atoms with van der Waals surface area (Å²) in [5, 5.41) is 4.29. The number of hydrogen-bond acceptors (Lipinski definition) is 5. The van der Waals surface area contributed by atoms with Crippen LogP contribution in [-0.2, 0) is 6.42 Å². The Bertz CT molecular complexity index is 899. The second-order valence-electron chi connectivity index (χ2n) is 6.04. The second-order valence-corrected chi connectivity index (χ2v) is 6.04. The zero-order valence-electron chi connectivity index (χ0n) is 14.2. The molecule has 0 bridgehead atoms. The average molecular weight is 336 g/mol. The topological polar surface area (TPSA) is 71.5 Å². The molecular weight excluding hydrogens is 316 g/mol. The van der Waals surface area contributed by atoms with Crippen LogP contribution in [0, 0.1) is 0 Å². The number of ether oxygens (including phenoxy) is 2. The van der Waals surface area contributed by atoms with E-state index in [-0.39, 0.29) is 6.10 Å². The standard InChI is InChI=1S/C19H20N4O2/c1-3-24-17-9-13-8-12(2)25-18(13)10-14(17)11-20-23-19-21-15-6-4-5-7-16(15)22-19/h4-7,9-12H,3,8H2,1-2H3,(H2,21,22,23)/b20-11-/t12-/m0/s1. The highest BCUT2D eigenvalue weighted by Crippen LogP contribution is 2.34. The molecule has 0 amide bonds. The van der Waals surface area contributed by atoms with Gasteiger partial charge in [0.15, 0.2) is 0 Å². The fourth-order valence-electron chi connectivity index (χ4n) is 3.01. The minimum absolute atomic E-state index is 0.199. The highest BCUT2D eigenvalue weighted by atomic mass is 16.5. The minimum atomic E-state index is 0.199. The van der Waals surface area contributed by atoms with E-state index in [1.54, 1.807) is 6.21 Å². The van der Waals surface area contributed by atoms with Crippen LogP contribution in [0.2, 0.25) is 0 Å². The van der Waals surface area contributed by atoms with Crippen LogP contribution >= 0.6 is 0 Å². The maximum absolute atomic E-state index is 5.83. The Balaban J connectivity index is 1.56. The predicted molar refractivity (Wildman–Crippen MR) is 98.7 cm³/mol. The van der Waals surface area contributed by atoms with Crippen molar-refractivity contribution in [3.8, 4) is 11.5 Å². The highest BCUT2D eigenvalue weighted by Gasteiger charge is 2.21. The van der Waals surface area contributed by atoms with Crippen LogP contribution in [0.5, 0.6) is 11.5 Å². The largest absolute Gasteiger partial charge is 0.493 e. The van der Waals surface area contributed by atoms with E-state index in [2.05, 4.69) is 27.4 Å². The minimum Gasteiger partial charge on any atom is -0.493 e. The molecule has 2 heterocycles. The van der Waals surface area contributed by atoms with E-state index in [4.69, 9.17) is 9.47 Å². The first-order chi connectivity index (χ1) is 12.2. The molecule has 0 unspecified atom stereocenters. The number of fused-ring (bicyclic) bond motifs is 2. The van der Waals surface area contributed by atoms with Gasteiger partial charge in [0.25, 0.3) is 0 Å². The molecule has 0 saturated carbocycles. The Hall–Kier alpha value is -3.02. The molecule has 2 aromatic carbocycles. The number of benzene rings is 2. The van der Waals surface area contributed by atoms with Crippen molar-refractivity contribution in [1.29, 1.82) is 0 Å². The zero-order valence-corrected chi connectivity index (χ0v) is 14.2. The molecule has 4 rings (SSSR count). The number of hydrazone groups is 1. The average Bonchev–Trinajstić information content (AvgIpc) is 3.16. The van der Waals surface area contributed by atoms with E-state index < -0.39 is 0 Å². The summed E-state index contributed by atoms with van der Waals surface area (Å²) >= 11 is 0. The fourth-order valence-corrected chi connectivity index (χ4v) is 3.01. The quantitative estimate of drug-likeness (QED) is 0.550. The predicted octanol–water partition coefficient (Wildman–Crippen LogP) is 3.73. The van der Waals surface area contributed by atoms with E-state index in [1.807, 2.05) is 43.3 Å². The molecule has 1 aliphatic rings. The number of aromatic amines is 1. The number of imidazole rings is 1.